The monoisotopic (exact) mass is 494 g/mol. The van der Waals surface area contributed by atoms with Gasteiger partial charge in [-0.1, -0.05) is 0 Å². The summed E-state index contributed by atoms with van der Waals surface area (Å²) in [6.45, 7) is -0.225. The molecule has 0 saturated carbocycles. The van der Waals surface area contributed by atoms with Gasteiger partial charge in [-0.2, -0.15) is 17.5 Å². The molecule has 14 heteroatoms. The number of carbonyl (C=O) groups excluding carboxylic acids is 2. The van der Waals surface area contributed by atoms with Gasteiger partial charge in [0.05, 0.1) is 25.9 Å². The molecule has 3 rings (SSSR count). The number of piperidine rings is 1. The SMILES string of the molecule is COC(=O)c1cnc(N2CCC(C(=O)NCC(F)(F)F)CC2)c(S(=O)(=O)N2CCOCC2)c1. The molecule has 2 aliphatic rings. The van der Waals surface area contributed by atoms with E-state index in [1.54, 1.807) is 4.90 Å². The van der Waals surface area contributed by atoms with Crippen LogP contribution in [0.5, 0.6) is 0 Å². The Hall–Kier alpha value is -2.45. The molecule has 1 amide bonds. The first kappa shape index (κ1) is 25.2. The number of nitrogens with one attached hydrogen (secondary N) is 1. The van der Waals surface area contributed by atoms with Gasteiger partial charge in [0.15, 0.2) is 0 Å². The predicted molar refractivity (Wildman–Crippen MR) is 109 cm³/mol. The van der Waals surface area contributed by atoms with Crippen molar-refractivity contribution in [3.05, 3.63) is 17.8 Å². The van der Waals surface area contributed by atoms with Crippen LogP contribution in [0.4, 0.5) is 19.0 Å². The van der Waals surface area contributed by atoms with E-state index in [9.17, 15) is 31.2 Å². The maximum absolute atomic E-state index is 13.3. The fourth-order valence-electron chi connectivity index (χ4n) is 3.71. The molecule has 0 bridgehead atoms. The summed E-state index contributed by atoms with van der Waals surface area (Å²) < 4.78 is 74.9. The third-order valence-corrected chi connectivity index (χ3v) is 7.37. The van der Waals surface area contributed by atoms with Crippen LogP contribution < -0.4 is 10.2 Å². The number of hydrogen-bond donors (Lipinski definition) is 1. The lowest BCUT2D eigenvalue weighted by Gasteiger charge is -2.34. The number of methoxy groups -OCH3 is 1. The van der Waals surface area contributed by atoms with Crippen LogP contribution in [0.1, 0.15) is 23.2 Å². The van der Waals surface area contributed by atoms with Crippen LogP contribution in [-0.4, -0.2) is 88.8 Å². The van der Waals surface area contributed by atoms with E-state index in [2.05, 4.69) is 9.72 Å². The average molecular weight is 494 g/mol. The number of ether oxygens (including phenoxy) is 2. The van der Waals surface area contributed by atoms with Crippen LogP contribution in [0.15, 0.2) is 17.2 Å². The van der Waals surface area contributed by atoms with E-state index in [0.717, 1.165) is 0 Å². The number of morpholine rings is 1. The van der Waals surface area contributed by atoms with Crippen molar-refractivity contribution in [3.63, 3.8) is 0 Å². The minimum absolute atomic E-state index is 0.0329. The first-order chi connectivity index (χ1) is 15.5. The number of alkyl halides is 3. The Morgan fingerprint density at radius 2 is 1.85 bits per heavy atom. The van der Waals surface area contributed by atoms with E-state index >= 15 is 0 Å². The number of esters is 1. The average Bonchev–Trinajstić information content (AvgIpc) is 2.81. The second-order valence-electron chi connectivity index (χ2n) is 7.65. The molecular formula is C19H25F3N4O6S. The zero-order valence-corrected chi connectivity index (χ0v) is 18.7. The maximum atomic E-state index is 13.3. The summed E-state index contributed by atoms with van der Waals surface area (Å²) >= 11 is 0. The van der Waals surface area contributed by atoms with Crippen molar-refractivity contribution in [2.24, 2.45) is 5.92 Å². The summed E-state index contributed by atoms with van der Waals surface area (Å²) in [6, 6.07) is 1.21. The Morgan fingerprint density at radius 3 is 2.42 bits per heavy atom. The number of pyridine rings is 1. The molecule has 2 saturated heterocycles. The molecule has 1 aromatic rings. The van der Waals surface area contributed by atoms with Gasteiger partial charge in [0, 0.05) is 38.3 Å². The molecule has 1 aromatic heterocycles. The lowest BCUT2D eigenvalue weighted by molar-refractivity contribution is -0.141. The second-order valence-corrected chi connectivity index (χ2v) is 9.55. The van der Waals surface area contributed by atoms with Gasteiger partial charge in [-0.3, -0.25) is 4.79 Å². The molecule has 2 aliphatic heterocycles. The summed E-state index contributed by atoms with van der Waals surface area (Å²) in [5.74, 6) is -1.95. The molecule has 0 aromatic carbocycles. The number of anilines is 1. The van der Waals surface area contributed by atoms with Crippen molar-refractivity contribution in [3.8, 4) is 0 Å². The third kappa shape index (κ3) is 6.12. The number of carbonyl (C=O) groups is 2. The highest BCUT2D eigenvalue weighted by atomic mass is 32.2. The minimum Gasteiger partial charge on any atom is -0.465 e. The fourth-order valence-corrected chi connectivity index (χ4v) is 5.30. The van der Waals surface area contributed by atoms with Crippen LogP contribution in [0.2, 0.25) is 0 Å². The molecule has 0 atom stereocenters. The van der Waals surface area contributed by atoms with Gasteiger partial charge in [-0.25, -0.2) is 18.2 Å². The van der Waals surface area contributed by atoms with E-state index in [0.29, 0.717) is 0 Å². The number of nitrogens with zero attached hydrogens (tertiary/aromatic N) is 3. The topological polar surface area (TPSA) is 118 Å². The van der Waals surface area contributed by atoms with Crippen molar-refractivity contribution in [1.82, 2.24) is 14.6 Å². The van der Waals surface area contributed by atoms with Gasteiger partial charge >= 0.3 is 12.1 Å². The number of sulfonamides is 1. The first-order valence-corrected chi connectivity index (χ1v) is 11.7. The zero-order valence-electron chi connectivity index (χ0n) is 17.9. The number of hydrogen-bond acceptors (Lipinski definition) is 8. The second kappa shape index (κ2) is 10.2. The molecule has 1 N–H and O–H groups in total. The Bertz CT molecular complexity index is 974. The third-order valence-electron chi connectivity index (χ3n) is 5.47. The van der Waals surface area contributed by atoms with Crippen molar-refractivity contribution >= 4 is 27.7 Å². The zero-order chi connectivity index (χ0) is 24.2. The van der Waals surface area contributed by atoms with E-state index in [1.807, 2.05) is 5.32 Å². The maximum Gasteiger partial charge on any atom is 0.405 e. The van der Waals surface area contributed by atoms with Gasteiger partial charge < -0.3 is 19.7 Å². The molecule has 0 radical (unpaired) electrons. The molecule has 184 valence electrons. The Morgan fingerprint density at radius 1 is 1.21 bits per heavy atom. The largest absolute Gasteiger partial charge is 0.465 e. The van der Waals surface area contributed by atoms with Crippen molar-refractivity contribution < 1.29 is 40.7 Å². The minimum atomic E-state index is -4.50. The number of rotatable bonds is 6. The van der Waals surface area contributed by atoms with Crippen LogP contribution in [-0.2, 0) is 24.3 Å². The summed E-state index contributed by atoms with van der Waals surface area (Å²) in [5.41, 5.74) is -0.0329. The molecule has 10 nitrogen and oxygen atoms in total. The molecule has 2 fully saturated rings. The molecule has 0 spiro atoms. The number of aromatic nitrogens is 1. The number of amides is 1. The highest BCUT2D eigenvalue weighted by molar-refractivity contribution is 7.89. The molecular weight excluding hydrogens is 469 g/mol. The van der Waals surface area contributed by atoms with E-state index in [1.165, 1.54) is 23.7 Å². The van der Waals surface area contributed by atoms with Crippen LogP contribution in [0.25, 0.3) is 0 Å². The van der Waals surface area contributed by atoms with Crippen LogP contribution in [0, 0.1) is 5.92 Å². The lowest BCUT2D eigenvalue weighted by atomic mass is 9.96. The van der Waals surface area contributed by atoms with Gasteiger partial charge in [0.2, 0.25) is 15.9 Å². The summed E-state index contributed by atoms with van der Waals surface area (Å²) in [4.78, 5) is 29.7. The summed E-state index contributed by atoms with van der Waals surface area (Å²) in [7, 11) is -2.86. The number of halogens is 3. The normalized spacial score (nSPS) is 18.7. The van der Waals surface area contributed by atoms with Crippen molar-refractivity contribution in [2.75, 3.05) is 57.9 Å². The Balaban J connectivity index is 1.81. The standard InChI is InChI=1S/C19H25F3N4O6S/c1-31-18(28)14-10-15(33(29,30)26-6-8-32-9-7-26)16(23-11-14)25-4-2-13(3-5-25)17(27)24-12-19(20,21)22/h10-11,13H,2-9,12H2,1H3,(H,24,27). The predicted octanol–water partition coefficient (Wildman–Crippen LogP) is 0.784. The smallest absolute Gasteiger partial charge is 0.405 e. The van der Waals surface area contributed by atoms with E-state index in [4.69, 9.17) is 4.74 Å². The summed E-state index contributed by atoms with van der Waals surface area (Å²) in [6.07, 6.45) is -2.84. The van der Waals surface area contributed by atoms with Crippen molar-refractivity contribution in [1.29, 1.82) is 0 Å². The molecule has 3 heterocycles. The van der Waals surface area contributed by atoms with E-state index < -0.39 is 40.5 Å². The van der Waals surface area contributed by atoms with Gasteiger partial charge in [-0.05, 0) is 18.9 Å². The quantitative estimate of drug-likeness (QED) is 0.577. The highest BCUT2D eigenvalue weighted by Gasteiger charge is 2.35. The van der Waals surface area contributed by atoms with Gasteiger partial charge in [0.1, 0.15) is 17.3 Å². The van der Waals surface area contributed by atoms with Crippen LogP contribution in [0.3, 0.4) is 0 Å². The fraction of sp³-hybridized carbons (Fsp3) is 0.632. The van der Waals surface area contributed by atoms with Crippen LogP contribution >= 0.6 is 0 Å². The molecule has 33 heavy (non-hydrogen) atoms. The molecule has 0 unspecified atom stereocenters. The van der Waals surface area contributed by atoms with Gasteiger partial charge in [0.25, 0.3) is 0 Å². The lowest BCUT2D eigenvalue weighted by Crippen LogP contribution is -2.44. The van der Waals surface area contributed by atoms with E-state index in [-0.39, 0.29) is 68.5 Å². The Labute approximate surface area is 189 Å². The highest BCUT2D eigenvalue weighted by Crippen LogP contribution is 2.31. The van der Waals surface area contributed by atoms with Crippen molar-refractivity contribution in [2.45, 2.75) is 23.9 Å². The van der Waals surface area contributed by atoms with Gasteiger partial charge in [-0.15, -0.1) is 0 Å². The molecule has 0 aliphatic carbocycles. The first-order valence-electron chi connectivity index (χ1n) is 10.3. The summed E-state index contributed by atoms with van der Waals surface area (Å²) in [5, 5.41) is 1.89. The Kier molecular flexibility index (Phi) is 7.80.